The summed E-state index contributed by atoms with van der Waals surface area (Å²) >= 11 is 0. The SMILES string of the molecule is Cc1ccc(C2=C(Nc3ccc(OC(F)(F)F)cc3)C(=O)N(Cc3ccccc3)C2=O)c(C)c1. The van der Waals surface area contributed by atoms with Crippen LogP contribution in [0.1, 0.15) is 22.3 Å². The van der Waals surface area contributed by atoms with E-state index in [9.17, 15) is 22.8 Å². The van der Waals surface area contributed by atoms with Crippen LogP contribution in [-0.2, 0) is 16.1 Å². The number of hydrogen-bond donors (Lipinski definition) is 1. The number of nitrogens with zero attached hydrogens (tertiary/aromatic N) is 1. The molecule has 8 heteroatoms. The van der Waals surface area contributed by atoms with E-state index >= 15 is 0 Å². The maximum Gasteiger partial charge on any atom is 0.573 e. The zero-order chi connectivity index (χ0) is 24.5. The van der Waals surface area contributed by atoms with E-state index in [1.165, 1.54) is 12.1 Å². The lowest BCUT2D eigenvalue weighted by atomic mass is 9.97. The summed E-state index contributed by atoms with van der Waals surface area (Å²) in [5, 5.41) is 2.95. The van der Waals surface area contributed by atoms with E-state index in [1.54, 1.807) is 6.07 Å². The van der Waals surface area contributed by atoms with Crippen LogP contribution in [0.4, 0.5) is 18.9 Å². The summed E-state index contributed by atoms with van der Waals surface area (Å²) in [6.45, 7) is 3.88. The molecule has 3 aromatic carbocycles. The quantitative estimate of drug-likeness (QED) is 0.481. The molecule has 0 aromatic heterocycles. The van der Waals surface area contributed by atoms with Gasteiger partial charge < -0.3 is 10.1 Å². The Kier molecular flexibility index (Phi) is 6.15. The minimum absolute atomic E-state index is 0.0670. The summed E-state index contributed by atoms with van der Waals surface area (Å²) in [6, 6.07) is 19.7. The molecule has 0 saturated heterocycles. The third-order valence-electron chi connectivity index (χ3n) is 5.36. The highest BCUT2D eigenvalue weighted by Gasteiger charge is 2.39. The van der Waals surface area contributed by atoms with Gasteiger partial charge in [0.25, 0.3) is 11.8 Å². The second-order valence-electron chi connectivity index (χ2n) is 7.95. The number of ether oxygens (including phenoxy) is 1. The number of carbonyl (C=O) groups excluding carboxylic acids is 2. The third-order valence-corrected chi connectivity index (χ3v) is 5.36. The molecule has 0 radical (unpaired) electrons. The van der Waals surface area contributed by atoms with Gasteiger partial charge in [-0.05, 0) is 54.8 Å². The fraction of sp³-hybridized carbons (Fsp3) is 0.154. The van der Waals surface area contributed by atoms with Gasteiger partial charge in [-0.3, -0.25) is 14.5 Å². The lowest BCUT2D eigenvalue weighted by Crippen LogP contribution is -2.32. The van der Waals surface area contributed by atoms with Crippen LogP contribution >= 0.6 is 0 Å². The Bertz CT molecular complexity index is 1270. The van der Waals surface area contributed by atoms with E-state index in [0.29, 0.717) is 11.3 Å². The standard InChI is InChI=1S/C26H21F3N2O3/c1-16-8-13-21(17(2)14-16)22-23(30-19-9-11-20(12-10-19)34-26(27,28)29)25(33)31(24(22)32)15-18-6-4-3-5-7-18/h3-14,30H,15H2,1-2H3. The molecule has 0 bridgehead atoms. The van der Waals surface area contributed by atoms with Gasteiger partial charge in [0, 0.05) is 5.69 Å². The summed E-state index contributed by atoms with van der Waals surface area (Å²) in [5.74, 6) is -1.35. The minimum Gasteiger partial charge on any atom is -0.406 e. The van der Waals surface area contributed by atoms with Crippen molar-refractivity contribution in [3.8, 4) is 5.75 Å². The maximum atomic E-state index is 13.4. The van der Waals surface area contributed by atoms with E-state index in [-0.39, 0.29) is 23.6 Å². The van der Waals surface area contributed by atoms with Crippen LogP contribution in [0, 0.1) is 13.8 Å². The van der Waals surface area contributed by atoms with E-state index in [0.717, 1.165) is 33.7 Å². The van der Waals surface area contributed by atoms with Crippen LogP contribution in [0.25, 0.3) is 5.57 Å². The number of anilines is 1. The Morgan fingerprint density at radius 1 is 0.882 bits per heavy atom. The van der Waals surface area contributed by atoms with Crippen LogP contribution in [-0.4, -0.2) is 23.1 Å². The molecule has 4 rings (SSSR count). The van der Waals surface area contributed by atoms with Crippen molar-refractivity contribution in [2.24, 2.45) is 0 Å². The highest BCUT2D eigenvalue weighted by Crippen LogP contribution is 2.34. The highest BCUT2D eigenvalue weighted by atomic mass is 19.4. The van der Waals surface area contributed by atoms with Crippen LogP contribution in [0.5, 0.6) is 5.75 Å². The lowest BCUT2D eigenvalue weighted by Gasteiger charge is -2.15. The minimum atomic E-state index is -4.81. The normalized spacial score (nSPS) is 14.1. The summed E-state index contributed by atoms with van der Waals surface area (Å²) < 4.78 is 41.3. The second kappa shape index (κ2) is 9.05. The third kappa shape index (κ3) is 4.96. The first-order chi connectivity index (χ1) is 16.1. The number of nitrogens with one attached hydrogen (secondary N) is 1. The number of imide groups is 1. The van der Waals surface area contributed by atoms with E-state index in [2.05, 4.69) is 10.1 Å². The molecule has 0 saturated carbocycles. The Balaban J connectivity index is 1.71. The summed E-state index contributed by atoms with van der Waals surface area (Å²) in [4.78, 5) is 27.9. The molecule has 2 amide bonds. The van der Waals surface area contributed by atoms with Crippen molar-refractivity contribution in [3.05, 3.63) is 101 Å². The molecule has 3 aromatic rings. The van der Waals surface area contributed by atoms with Crippen molar-refractivity contribution in [1.29, 1.82) is 0 Å². The predicted molar refractivity (Wildman–Crippen MR) is 122 cm³/mol. The van der Waals surface area contributed by atoms with Crippen LogP contribution in [0.3, 0.4) is 0 Å². The molecular formula is C26H21F3N2O3. The van der Waals surface area contributed by atoms with Gasteiger partial charge in [-0.25, -0.2) is 0 Å². The summed E-state index contributed by atoms with van der Waals surface area (Å²) in [7, 11) is 0. The number of hydrogen-bond acceptors (Lipinski definition) is 4. The molecular weight excluding hydrogens is 445 g/mol. The first-order valence-corrected chi connectivity index (χ1v) is 10.5. The molecule has 0 aliphatic carbocycles. The van der Waals surface area contributed by atoms with Gasteiger partial charge in [-0.15, -0.1) is 13.2 Å². The van der Waals surface area contributed by atoms with Crippen molar-refractivity contribution in [2.45, 2.75) is 26.8 Å². The maximum absolute atomic E-state index is 13.4. The molecule has 34 heavy (non-hydrogen) atoms. The Morgan fingerprint density at radius 3 is 2.18 bits per heavy atom. The fourth-order valence-electron chi connectivity index (χ4n) is 3.83. The Hall–Kier alpha value is -4.07. The van der Waals surface area contributed by atoms with Crippen molar-refractivity contribution in [2.75, 3.05) is 5.32 Å². The molecule has 0 unspecified atom stereocenters. The zero-order valence-electron chi connectivity index (χ0n) is 18.4. The van der Waals surface area contributed by atoms with E-state index in [1.807, 2.05) is 56.3 Å². The van der Waals surface area contributed by atoms with E-state index in [4.69, 9.17) is 0 Å². The van der Waals surface area contributed by atoms with Crippen LogP contribution in [0.2, 0.25) is 0 Å². The number of alkyl halides is 3. The average molecular weight is 466 g/mol. The largest absolute Gasteiger partial charge is 0.573 e. The van der Waals surface area contributed by atoms with Gasteiger partial charge >= 0.3 is 6.36 Å². The summed E-state index contributed by atoms with van der Waals surface area (Å²) in [6.07, 6.45) is -4.81. The molecule has 0 spiro atoms. The smallest absolute Gasteiger partial charge is 0.406 e. The predicted octanol–water partition coefficient (Wildman–Crippen LogP) is 5.59. The van der Waals surface area contributed by atoms with E-state index < -0.39 is 18.2 Å². The lowest BCUT2D eigenvalue weighted by molar-refractivity contribution is -0.274. The Labute approximate surface area is 194 Å². The monoisotopic (exact) mass is 466 g/mol. The molecule has 0 fully saturated rings. The molecule has 1 heterocycles. The topological polar surface area (TPSA) is 58.6 Å². The number of rotatable bonds is 6. The van der Waals surface area contributed by atoms with Gasteiger partial charge in [0.1, 0.15) is 11.4 Å². The molecule has 174 valence electrons. The highest BCUT2D eigenvalue weighted by molar-refractivity contribution is 6.36. The Morgan fingerprint density at radius 2 is 1.56 bits per heavy atom. The second-order valence-corrected chi connectivity index (χ2v) is 7.95. The zero-order valence-corrected chi connectivity index (χ0v) is 18.4. The first kappa shape index (κ1) is 23.1. The summed E-state index contributed by atoms with van der Waals surface area (Å²) in [5.41, 5.74) is 3.86. The number of benzene rings is 3. The van der Waals surface area contributed by atoms with Gasteiger partial charge in [0.2, 0.25) is 0 Å². The van der Waals surface area contributed by atoms with Crippen LogP contribution in [0.15, 0.2) is 78.5 Å². The number of amides is 2. The van der Waals surface area contributed by atoms with Gasteiger partial charge in [-0.1, -0.05) is 54.1 Å². The molecule has 1 aliphatic rings. The molecule has 1 aliphatic heterocycles. The van der Waals surface area contributed by atoms with Crippen molar-refractivity contribution >= 4 is 23.1 Å². The van der Waals surface area contributed by atoms with Gasteiger partial charge in [0.05, 0.1) is 12.1 Å². The molecule has 0 atom stereocenters. The number of carbonyl (C=O) groups is 2. The fourth-order valence-corrected chi connectivity index (χ4v) is 3.83. The van der Waals surface area contributed by atoms with Crippen LogP contribution < -0.4 is 10.1 Å². The first-order valence-electron chi connectivity index (χ1n) is 10.5. The number of aryl methyl sites for hydroxylation is 2. The van der Waals surface area contributed by atoms with Crippen molar-refractivity contribution in [3.63, 3.8) is 0 Å². The molecule has 5 nitrogen and oxygen atoms in total. The van der Waals surface area contributed by atoms with Crippen molar-refractivity contribution < 1.29 is 27.5 Å². The average Bonchev–Trinajstić information content (AvgIpc) is 2.99. The molecule has 1 N–H and O–H groups in total. The van der Waals surface area contributed by atoms with Gasteiger partial charge in [-0.2, -0.15) is 0 Å². The number of halogens is 3. The van der Waals surface area contributed by atoms with Gasteiger partial charge in [0.15, 0.2) is 0 Å². The van der Waals surface area contributed by atoms with Crippen molar-refractivity contribution in [1.82, 2.24) is 4.90 Å².